The molecule has 2 aliphatic heterocycles. The summed E-state index contributed by atoms with van der Waals surface area (Å²) in [6.45, 7) is 0. The molecule has 0 aliphatic carbocycles. The molecule has 13 heavy (non-hydrogen) atoms. The fourth-order valence-corrected chi connectivity index (χ4v) is 1.58. The first-order valence-electron chi connectivity index (χ1n) is 3.14. The van der Waals surface area contributed by atoms with Crippen molar-refractivity contribution in [2.24, 2.45) is 0 Å². The summed E-state index contributed by atoms with van der Waals surface area (Å²) in [6, 6.07) is 0. The normalized spacial score (nSPS) is 16.0. The molecule has 0 saturated heterocycles. The standard InChI is InChI=1S/2C4H4P.2ClH.Zr/c2*1-2-4-5-3-1;;;/h2*1-2H,3H2;2*1H;/q2*-1;;;+4/p-2. The van der Waals surface area contributed by atoms with Crippen LogP contribution in [0.4, 0.5) is 0 Å². The summed E-state index contributed by atoms with van der Waals surface area (Å²) in [6.07, 6.45) is 10.5. The SMILES string of the molecule is [C-]1=PCC=C1.[C-]1=PCC=C1.[Cl-].[Cl-].[Zr+4]. The van der Waals surface area contributed by atoms with Crippen LogP contribution in [0.1, 0.15) is 0 Å². The van der Waals surface area contributed by atoms with Crippen LogP contribution in [-0.2, 0) is 26.2 Å². The van der Waals surface area contributed by atoms with Crippen LogP contribution >= 0.6 is 16.4 Å². The van der Waals surface area contributed by atoms with Gasteiger partial charge in [-0.2, -0.15) is 0 Å². The van der Waals surface area contributed by atoms with Gasteiger partial charge in [0, 0.05) is 0 Å². The monoisotopic (exact) mass is 326 g/mol. The zero-order valence-electron chi connectivity index (χ0n) is 6.87. The van der Waals surface area contributed by atoms with Crippen molar-refractivity contribution in [3.05, 3.63) is 24.3 Å². The number of hydrogen-bond donors (Lipinski definition) is 0. The summed E-state index contributed by atoms with van der Waals surface area (Å²) in [5.74, 6) is 6.03. The smallest absolute Gasteiger partial charge is 1.00 e. The maximum Gasteiger partial charge on any atom is 4.00 e. The van der Waals surface area contributed by atoms with Gasteiger partial charge in [-0.15, -0.1) is 0 Å². The summed E-state index contributed by atoms with van der Waals surface area (Å²) in [5, 5.41) is 0. The molecule has 0 radical (unpaired) electrons. The first kappa shape index (κ1) is 19.8. The third-order valence-corrected chi connectivity index (χ3v) is 2.41. The molecule has 0 aromatic heterocycles. The van der Waals surface area contributed by atoms with Crippen LogP contribution in [0.15, 0.2) is 24.3 Å². The van der Waals surface area contributed by atoms with Gasteiger partial charge in [-0.3, -0.25) is 0 Å². The second-order valence-electron chi connectivity index (χ2n) is 1.74. The molecular formula is C8H8Cl2P2Zr. The largest absolute Gasteiger partial charge is 4.00 e. The Kier molecular flexibility index (Phi) is 24.0. The molecule has 2 aliphatic rings. The van der Waals surface area contributed by atoms with E-state index in [1.807, 2.05) is 12.2 Å². The Morgan fingerprint density at radius 2 is 1.23 bits per heavy atom. The van der Waals surface area contributed by atoms with E-state index in [1.165, 1.54) is 28.7 Å². The molecule has 0 N–H and O–H groups in total. The number of halogens is 2. The number of allylic oxidation sites excluding steroid dienone is 4. The molecule has 68 valence electrons. The minimum absolute atomic E-state index is 0. The Hall–Kier alpha value is 1.28. The van der Waals surface area contributed by atoms with Gasteiger partial charge in [0.05, 0.1) is 0 Å². The second-order valence-corrected chi connectivity index (χ2v) is 3.62. The average molecular weight is 328 g/mol. The van der Waals surface area contributed by atoms with Crippen molar-refractivity contribution in [2.75, 3.05) is 12.3 Å². The van der Waals surface area contributed by atoms with Crippen molar-refractivity contribution in [3.8, 4) is 0 Å². The van der Waals surface area contributed by atoms with Gasteiger partial charge in [0.1, 0.15) is 0 Å². The zero-order valence-corrected chi connectivity index (χ0v) is 12.6. The minimum atomic E-state index is 0. The summed E-state index contributed by atoms with van der Waals surface area (Å²) >= 11 is 0. The van der Waals surface area contributed by atoms with Crippen LogP contribution in [0, 0.1) is 0 Å². The second kappa shape index (κ2) is 15.7. The van der Waals surface area contributed by atoms with E-state index in [2.05, 4.69) is 23.7 Å². The van der Waals surface area contributed by atoms with Crippen LogP contribution in [-0.4, -0.2) is 23.9 Å². The van der Waals surface area contributed by atoms with Crippen LogP contribution < -0.4 is 24.8 Å². The van der Waals surface area contributed by atoms with E-state index >= 15 is 0 Å². The van der Waals surface area contributed by atoms with E-state index in [-0.39, 0.29) is 51.0 Å². The van der Waals surface area contributed by atoms with E-state index in [4.69, 9.17) is 0 Å². The summed E-state index contributed by atoms with van der Waals surface area (Å²) < 4.78 is 0. The van der Waals surface area contributed by atoms with Crippen molar-refractivity contribution in [3.63, 3.8) is 0 Å². The van der Waals surface area contributed by atoms with Gasteiger partial charge in [-0.1, -0.05) is 12.3 Å². The molecule has 0 saturated carbocycles. The molecule has 2 heterocycles. The van der Waals surface area contributed by atoms with Crippen LogP contribution in [0.25, 0.3) is 0 Å². The molecule has 0 atom stereocenters. The molecule has 0 amide bonds. The maximum atomic E-state index is 3.01. The first-order chi connectivity index (χ1) is 5.00. The van der Waals surface area contributed by atoms with Crippen molar-refractivity contribution < 1.29 is 51.0 Å². The summed E-state index contributed by atoms with van der Waals surface area (Å²) in [4.78, 5) is 0. The maximum absolute atomic E-state index is 3.01. The Morgan fingerprint density at radius 1 is 0.846 bits per heavy atom. The van der Waals surface area contributed by atoms with E-state index in [0.29, 0.717) is 0 Å². The Morgan fingerprint density at radius 3 is 1.31 bits per heavy atom. The van der Waals surface area contributed by atoms with E-state index in [0.717, 1.165) is 0 Å². The molecule has 2 rings (SSSR count). The molecular weight excluding hydrogens is 320 g/mol. The Labute approximate surface area is 115 Å². The van der Waals surface area contributed by atoms with Crippen molar-refractivity contribution in [2.45, 2.75) is 0 Å². The van der Waals surface area contributed by atoms with Crippen molar-refractivity contribution in [1.82, 2.24) is 0 Å². The molecule has 0 aromatic rings. The van der Waals surface area contributed by atoms with Crippen LogP contribution in [0.3, 0.4) is 0 Å². The first-order valence-corrected chi connectivity index (χ1v) is 5.30. The number of hydrogen-bond acceptors (Lipinski definition) is 0. The number of rotatable bonds is 0. The molecule has 0 unspecified atom stereocenters. The van der Waals surface area contributed by atoms with Gasteiger partial charge in [-0.25, -0.2) is 52.3 Å². The van der Waals surface area contributed by atoms with Gasteiger partial charge in [0.25, 0.3) is 0 Å². The third kappa shape index (κ3) is 13.3. The molecule has 0 nitrogen and oxygen atoms in total. The van der Waals surface area contributed by atoms with Crippen molar-refractivity contribution >= 4 is 28.0 Å². The molecule has 0 bridgehead atoms. The van der Waals surface area contributed by atoms with Gasteiger partial charge in [0.15, 0.2) is 0 Å². The fraction of sp³-hybridized carbons (Fsp3) is 0.250. The van der Waals surface area contributed by atoms with E-state index in [1.54, 1.807) is 0 Å². The molecule has 0 fully saturated rings. The quantitative estimate of drug-likeness (QED) is 0.318. The van der Waals surface area contributed by atoms with E-state index < -0.39 is 0 Å². The topological polar surface area (TPSA) is 0 Å². The fourth-order valence-electron chi connectivity index (χ4n) is 0.527. The third-order valence-electron chi connectivity index (χ3n) is 0.961. The molecule has 0 spiro atoms. The molecule has 0 aromatic carbocycles. The zero-order chi connectivity index (χ0) is 7.07. The Bertz CT molecular complexity index is 158. The van der Waals surface area contributed by atoms with Gasteiger partial charge in [0.2, 0.25) is 0 Å². The van der Waals surface area contributed by atoms with Crippen molar-refractivity contribution in [1.29, 1.82) is 0 Å². The van der Waals surface area contributed by atoms with Gasteiger partial charge >= 0.3 is 26.2 Å². The predicted octanol–water partition coefficient (Wildman–Crippen LogP) is -3.63. The van der Waals surface area contributed by atoms with E-state index in [9.17, 15) is 0 Å². The van der Waals surface area contributed by atoms with Gasteiger partial charge in [-0.05, 0) is 0 Å². The minimum Gasteiger partial charge on any atom is -1.00 e. The summed E-state index contributed by atoms with van der Waals surface area (Å²) in [7, 11) is 2.66. The average Bonchev–Trinajstić information content (AvgIpc) is 2.67. The van der Waals surface area contributed by atoms with Crippen LogP contribution in [0.5, 0.6) is 0 Å². The summed E-state index contributed by atoms with van der Waals surface area (Å²) in [5.41, 5.74) is 0. The Balaban J connectivity index is -0.000000125. The predicted molar refractivity (Wildman–Crippen MR) is 51.9 cm³/mol. The molecule has 5 heteroatoms. The van der Waals surface area contributed by atoms with Gasteiger partial charge < -0.3 is 24.8 Å². The van der Waals surface area contributed by atoms with Crippen LogP contribution in [0.2, 0.25) is 0 Å².